The van der Waals surface area contributed by atoms with E-state index in [0.29, 0.717) is 0 Å². The highest BCUT2D eigenvalue weighted by atomic mass is 16.5. The lowest BCUT2D eigenvalue weighted by molar-refractivity contribution is -0.107. The predicted molar refractivity (Wildman–Crippen MR) is 68.7 cm³/mol. The number of unbranched alkanes of at least 4 members (excludes halogenated alkanes) is 9. The molecule has 0 unspecified atom stereocenters. The molecule has 0 radical (unpaired) electrons. The van der Waals surface area contributed by atoms with Crippen LogP contribution in [0.5, 0.6) is 0 Å². The Labute approximate surface area is 101 Å². The van der Waals surface area contributed by atoms with Gasteiger partial charge >= 0.3 is 0 Å². The second-order valence-corrected chi connectivity index (χ2v) is 4.33. The van der Waals surface area contributed by atoms with E-state index >= 15 is 0 Å². The van der Waals surface area contributed by atoms with Crippen LogP contribution in [-0.4, -0.2) is 19.5 Å². The van der Waals surface area contributed by atoms with Crippen molar-refractivity contribution in [3.05, 3.63) is 0 Å². The minimum atomic E-state index is 0.747. The molecule has 0 aliphatic heterocycles. The number of carbonyl (C=O) groups excluding carboxylic acids is 1. The fourth-order valence-electron chi connectivity index (χ4n) is 1.81. The summed E-state index contributed by atoms with van der Waals surface area (Å²) in [6.45, 7) is 3.83. The van der Waals surface area contributed by atoms with Crippen LogP contribution in [0, 0.1) is 0 Å². The van der Waals surface area contributed by atoms with Gasteiger partial charge < -0.3 is 9.53 Å². The van der Waals surface area contributed by atoms with E-state index in [1.807, 2.05) is 6.92 Å². The predicted octanol–water partition coefficient (Wildman–Crippen LogP) is 4.12. The van der Waals surface area contributed by atoms with Gasteiger partial charge in [-0.25, -0.2) is 0 Å². The topological polar surface area (TPSA) is 26.3 Å². The van der Waals surface area contributed by atoms with Gasteiger partial charge in [0.05, 0.1) is 0 Å². The molecular weight excluding hydrogens is 200 g/mol. The Morgan fingerprint density at radius 2 is 1.31 bits per heavy atom. The molecule has 0 aliphatic rings. The van der Waals surface area contributed by atoms with Crippen molar-refractivity contribution in [2.24, 2.45) is 0 Å². The van der Waals surface area contributed by atoms with Gasteiger partial charge in [0.2, 0.25) is 0 Å². The summed E-state index contributed by atoms with van der Waals surface area (Å²) in [5, 5.41) is 0. The van der Waals surface area contributed by atoms with Crippen molar-refractivity contribution < 1.29 is 9.53 Å². The van der Waals surface area contributed by atoms with E-state index in [0.717, 1.165) is 32.3 Å². The van der Waals surface area contributed by atoms with Gasteiger partial charge in [-0.15, -0.1) is 0 Å². The second kappa shape index (κ2) is 14.6. The van der Waals surface area contributed by atoms with Crippen molar-refractivity contribution in [2.75, 3.05) is 13.2 Å². The molecule has 0 bridgehead atoms. The molecule has 16 heavy (non-hydrogen) atoms. The SMILES string of the molecule is CCOCCCCCCCCCCCC=O. The number of rotatable bonds is 13. The third-order valence-electron chi connectivity index (χ3n) is 2.81. The van der Waals surface area contributed by atoms with Crippen LogP contribution in [0.4, 0.5) is 0 Å². The van der Waals surface area contributed by atoms with Gasteiger partial charge in [0.1, 0.15) is 6.29 Å². The van der Waals surface area contributed by atoms with Crippen molar-refractivity contribution in [1.29, 1.82) is 0 Å². The molecule has 0 amide bonds. The lowest BCUT2D eigenvalue weighted by Gasteiger charge is -2.02. The standard InChI is InChI=1S/C14H28O2/c1-2-16-14-12-10-8-6-4-3-5-7-9-11-13-15/h13H,2-12,14H2,1H3. The lowest BCUT2D eigenvalue weighted by Crippen LogP contribution is -1.92. The van der Waals surface area contributed by atoms with Crippen molar-refractivity contribution in [1.82, 2.24) is 0 Å². The van der Waals surface area contributed by atoms with Crippen LogP contribution in [0.25, 0.3) is 0 Å². The summed E-state index contributed by atoms with van der Waals surface area (Å²) in [5.41, 5.74) is 0. The van der Waals surface area contributed by atoms with Crippen LogP contribution in [0.15, 0.2) is 0 Å². The van der Waals surface area contributed by atoms with Gasteiger partial charge in [0, 0.05) is 19.6 Å². The molecule has 0 heterocycles. The summed E-state index contributed by atoms with van der Waals surface area (Å²) in [6, 6.07) is 0. The monoisotopic (exact) mass is 228 g/mol. The maximum atomic E-state index is 10.1. The summed E-state index contributed by atoms with van der Waals surface area (Å²) in [4.78, 5) is 10.1. The Morgan fingerprint density at radius 3 is 1.81 bits per heavy atom. The highest BCUT2D eigenvalue weighted by Crippen LogP contribution is 2.10. The van der Waals surface area contributed by atoms with Crippen LogP contribution in [0.3, 0.4) is 0 Å². The minimum absolute atomic E-state index is 0.747. The van der Waals surface area contributed by atoms with Crippen molar-refractivity contribution in [3.8, 4) is 0 Å². The highest BCUT2D eigenvalue weighted by Gasteiger charge is 1.92. The zero-order valence-electron chi connectivity index (χ0n) is 10.9. The van der Waals surface area contributed by atoms with Crippen molar-refractivity contribution in [3.63, 3.8) is 0 Å². The van der Waals surface area contributed by atoms with E-state index in [1.165, 1.54) is 51.4 Å². The van der Waals surface area contributed by atoms with Crippen molar-refractivity contribution in [2.45, 2.75) is 71.1 Å². The zero-order valence-corrected chi connectivity index (χ0v) is 10.9. The molecule has 0 N–H and O–H groups in total. The first-order valence-corrected chi connectivity index (χ1v) is 6.93. The minimum Gasteiger partial charge on any atom is -0.382 e. The molecule has 0 spiro atoms. The normalized spacial score (nSPS) is 10.6. The van der Waals surface area contributed by atoms with Gasteiger partial charge in [0.25, 0.3) is 0 Å². The van der Waals surface area contributed by atoms with Crippen LogP contribution < -0.4 is 0 Å². The van der Waals surface area contributed by atoms with Crippen LogP contribution in [0.1, 0.15) is 71.1 Å². The molecule has 96 valence electrons. The molecule has 2 nitrogen and oxygen atoms in total. The van der Waals surface area contributed by atoms with Gasteiger partial charge in [-0.3, -0.25) is 0 Å². The summed E-state index contributed by atoms with van der Waals surface area (Å²) in [5.74, 6) is 0. The molecule has 0 saturated carbocycles. The number of hydrogen-bond donors (Lipinski definition) is 0. The quantitative estimate of drug-likeness (QED) is 0.350. The average molecular weight is 228 g/mol. The molecule has 0 atom stereocenters. The first-order valence-electron chi connectivity index (χ1n) is 6.93. The van der Waals surface area contributed by atoms with Crippen LogP contribution in [0.2, 0.25) is 0 Å². The number of hydrogen-bond acceptors (Lipinski definition) is 2. The number of ether oxygens (including phenoxy) is 1. The fraction of sp³-hybridized carbons (Fsp3) is 0.929. The Morgan fingerprint density at radius 1 is 0.812 bits per heavy atom. The molecule has 0 fully saturated rings. The van der Waals surface area contributed by atoms with Crippen molar-refractivity contribution >= 4 is 6.29 Å². The summed E-state index contributed by atoms with van der Waals surface area (Å²) in [7, 11) is 0. The molecule has 0 rings (SSSR count). The third-order valence-corrected chi connectivity index (χ3v) is 2.81. The molecule has 0 aromatic heterocycles. The Kier molecular flexibility index (Phi) is 14.3. The van der Waals surface area contributed by atoms with E-state index in [1.54, 1.807) is 0 Å². The van der Waals surface area contributed by atoms with Crippen LogP contribution >= 0.6 is 0 Å². The Bertz CT molecular complexity index is 135. The first kappa shape index (κ1) is 15.6. The third kappa shape index (κ3) is 13.6. The number of carbonyl (C=O) groups is 1. The van der Waals surface area contributed by atoms with Gasteiger partial charge in [-0.05, 0) is 19.8 Å². The van der Waals surface area contributed by atoms with Gasteiger partial charge in [-0.2, -0.15) is 0 Å². The molecule has 0 saturated heterocycles. The lowest BCUT2D eigenvalue weighted by atomic mass is 10.1. The van der Waals surface area contributed by atoms with E-state index in [-0.39, 0.29) is 0 Å². The van der Waals surface area contributed by atoms with Gasteiger partial charge in [-0.1, -0.05) is 44.9 Å². The largest absolute Gasteiger partial charge is 0.382 e. The van der Waals surface area contributed by atoms with Gasteiger partial charge in [0.15, 0.2) is 0 Å². The molecule has 0 aromatic rings. The highest BCUT2D eigenvalue weighted by molar-refractivity contribution is 5.48. The maximum absolute atomic E-state index is 10.1. The molecule has 2 heteroatoms. The average Bonchev–Trinajstić information content (AvgIpc) is 2.31. The first-order chi connectivity index (χ1) is 7.91. The zero-order chi connectivity index (χ0) is 11.9. The van der Waals surface area contributed by atoms with E-state index in [4.69, 9.17) is 4.74 Å². The summed E-state index contributed by atoms with van der Waals surface area (Å²) < 4.78 is 5.29. The smallest absolute Gasteiger partial charge is 0.119 e. The molecule has 0 aliphatic carbocycles. The molecular formula is C14H28O2. The maximum Gasteiger partial charge on any atom is 0.119 e. The number of aldehydes is 1. The van der Waals surface area contributed by atoms with Crippen LogP contribution in [-0.2, 0) is 9.53 Å². The fourth-order valence-corrected chi connectivity index (χ4v) is 1.81. The summed E-state index contributed by atoms with van der Waals surface area (Å²) in [6.07, 6.45) is 13.3. The molecule has 0 aromatic carbocycles. The van der Waals surface area contributed by atoms with E-state index in [9.17, 15) is 4.79 Å². The van der Waals surface area contributed by atoms with E-state index in [2.05, 4.69) is 0 Å². The van der Waals surface area contributed by atoms with E-state index < -0.39 is 0 Å². The Hall–Kier alpha value is -0.370. The second-order valence-electron chi connectivity index (χ2n) is 4.33. The Balaban J connectivity index is 2.85. The summed E-state index contributed by atoms with van der Waals surface area (Å²) >= 11 is 0.